The molecule has 2 aromatic rings. The Kier molecular flexibility index (Phi) is 5.37. The summed E-state index contributed by atoms with van der Waals surface area (Å²) < 4.78 is 10.4. The maximum atomic E-state index is 12.0. The highest BCUT2D eigenvalue weighted by Crippen LogP contribution is 2.28. The van der Waals surface area contributed by atoms with Gasteiger partial charge < -0.3 is 14.6 Å². The van der Waals surface area contributed by atoms with Gasteiger partial charge in [0.15, 0.2) is 23.9 Å². The standard InChI is InChI=1S/C18H15NO4/c1-22-18-12-13(3-9-17(18)23-11-10-19)2-8-16(21)14-4-6-15(20)7-5-14/h2-9,12,20H,11H2,1H3. The molecule has 0 amide bonds. The van der Waals surface area contributed by atoms with Crippen LogP contribution in [0.4, 0.5) is 0 Å². The molecule has 1 N–H and O–H groups in total. The van der Waals surface area contributed by atoms with E-state index >= 15 is 0 Å². The summed E-state index contributed by atoms with van der Waals surface area (Å²) in [6.45, 7) is -0.0646. The average Bonchev–Trinajstić information content (AvgIpc) is 2.58. The predicted molar refractivity (Wildman–Crippen MR) is 85.6 cm³/mol. The fourth-order valence-corrected chi connectivity index (χ4v) is 1.91. The number of allylic oxidation sites excluding steroid dienone is 1. The van der Waals surface area contributed by atoms with Gasteiger partial charge in [0.2, 0.25) is 0 Å². The van der Waals surface area contributed by atoms with Gasteiger partial charge in [0.25, 0.3) is 0 Å². The number of carbonyl (C=O) groups is 1. The molecule has 0 aliphatic carbocycles. The van der Waals surface area contributed by atoms with E-state index in [0.29, 0.717) is 17.1 Å². The van der Waals surface area contributed by atoms with Gasteiger partial charge in [-0.1, -0.05) is 12.1 Å². The monoisotopic (exact) mass is 309 g/mol. The van der Waals surface area contributed by atoms with Gasteiger partial charge in [-0.25, -0.2) is 0 Å². The van der Waals surface area contributed by atoms with Crippen molar-refractivity contribution >= 4 is 11.9 Å². The molecule has 116 valence electrons. The Labute approximate surface area is 134 Å². The quantitative estimate of drug-likeness (QED) is 0.654. The zero-order chi connectivity index (χ0) is 16.7. The number of aromatic hydroxyl groups is 1. The van der Waals surface area contributed by atoms with Crippen LogP contribution in [0.2, 0.25) is 0 Å². The van der Waals surface area contributed by atoms with Crippen LogP contribution >= 0.6 is 0 Å². The van der Waals surface area contributed by atoms with Crippen molar-refractivity contribution in [2.45, 2.75) is 0 Å². The Bertz CT molecular complexity index is 758. The first-order valence-electron chi connectivity index (χ1n) is 6.83. The van der Waals surface area contributed by atoms with Gasteiger partial charge in [-0.3, -0.25) is 4.79 Å². The first-order chi connectivity index (χ1) is 11.1. The fourth-order valence-electron chi connectivity index (χ4n) is 1.91. The number of hydrogen-bond acceptors (Lipinski definition) is 5. The topological polar surface area (TPSA) is 79.6 Å². The maximum Gasteiger partial charge on any atom is 0.185 e. The lowest BCUT2D eigenvalue weighted by molar-refractivity contribution is 0.104. The lowest BCUT2D eigenvalue weighted by atomic mass is 10.1. The van der Waals surface area contributed by atoms with Crippen LogP contribution in [0, 0.1) is 11.3 Å². The van der Waals surface area contributed by atoms with E-state index < -0.39 is 0 Å². The summed E-state index contributed by atoms with van der Waals surface area (Å²) in [5.74, 6) is 0.896. The normalized spacial score (nSPS) is 10.3. The number of benzene rings is 2. The van der Waals surface area contributed by atoms with Crippen molar-refractivity contribution in [2.75, 3.05) is 13.7 Å². The van der Waals surface area contributed by atoms with Gasteiger partial charge in [-0.2, -0.15) is 5.26 Å². The molecule has 0 fully saturated rings. The molecule has 5 nitrogen and oxygen atoms in total. The maximum absolute atomic E-state index is 12.0. The zero-order valence-corrected chi connectivity index (χ0v) is 12.5. The number of phenolic OH excluding ortho intramolecular Hbond substituents is 1. The molecule has 0 saturated heterocycles. The van der Waals surface area contributed by atoms with E-state index in [4.69, 9.17) is 14.7 Å². The number of ketones is 1. The molecule has 0 aliphatic rings. The lowest BCUT2D eigenvalue weighted by Gasteiger charge is -2.08. The van der Waals surface area contributed by atoms with Gasteiger partial charge in [0, 0.05) is 5.56 Å². The number of hydrogen-bond donors (Lipinski definition) is 1. The van der Waals surface area contributed by atoms with E-state index in [1.54, 1.807) is 36.4 Å². The van der Waals surface area contributed by atoms with Gasteiger partial charge in [-0.15, -0.1) is 0 Å². The Morgan fingerprint density at radius 3 is 2.61 bits per heavy atom. The van der Waals surface area contributed by atoms with Crippen LogP contribution in [0.1, 0.15) is 15.9 Å². The van der Waals surface area contributed by atoms with E-state index in [2.05, 4.69) is 0 Å². The van der Waals surface area contributed by atoms with Crippen LogP contribution in [-0.2, 0) is 0 Å². The van der Waals surface area contributed by atoms with Gasteiger partial charge in [0.05, 0.1) is 7.11 Å². The predicted octanol–water partition coefficient (Wildman–Crippen LogP) is 3.20. The molecule has 2 rings (SSSR count). The van der Waals surface area contributed by atoms with Crippen molar-refractivity contribution in [2.24, 2.45) is 0 Å². The second-order valence-electron chi connectivity index (χ2n) is 4.60. The zero-order valence-electron chi connectivity index (χ0n) is 12.5. The number of ether oxygens (including phenoxy) is 2. The fraction of sp³-hybridized carbons (Fsp3) is 0.111. The molecule has 0 unspecified atom stereocenters. The van der Waals surface area contributed by atoms with Crippen molar-refractivity contribution in [1.29, 1.82) is 5.26 Å². The minimum atomic E-state index is -0.172. The van der Waals surface area contributed by atoms with Crippen LogP contribution in [0.25, 0.3) is 6.08 Å². The van der Waals surface area contributed by atoms with Crippen LogP contribution < -0.4 is 9.47 Å². The molecule has 0 spiro atoms. The van der Waals surface area contributed by atoms with Gasteiger partial charge in [0.1, 0.15) is 11.8 Å². The first-order valence-corrected chi connectivity index (χ1v) is 6.83. The second kappa shape index (κ2) is 7.66. The first kappa shape index (κ1) is 16.1. The summed E-state index contributed by atoms with van der Waals surface area (Å²) in [6, 6.07) is 13.1. The third kappa shape index (κ3) is 4.35. The molecule has 5 heteroatoms. The van der Waals surface area contributed by atoms with Crippen molar-refractivity contribution in [1.82, 2.24) is 0 Å². The van der Waals surface area contributed by atoms with E-state index in [1.807, 2.05) is 6.07 Å². The smallest absolute Gasteiger partial charge is 0.185 e. The van der Waals surface area contributed by atoms with Crippen LogP contribution in [0.5, 0.6) is 17.2 Å². The highest BCUT2D eigenvalue weighted by Gasteiger charge is 2.05. The molecular weight excluding hydrogens is 294 g/mol. The van der Waals surface area contributed by atoms with Crippen LogP contribution in [0.3, 0.4) is 0 Å². The van der Waals surface area contributed by atoms with Crippen LogP contribution in [0.15, 0.2) is 48.5 Å². The summed E-state index contributed by atoms with van der Waals surface area (Å²) in [5, 5.41) is 17.8. The number of nitriles is 1. The Morgan fingerprint density at radius 1 is 1.22 bits per heavy atom. The minimum Gasteiger partial charge on any atom is -0.508 e. The molecule has 0 heterocycles. The van der Waals surface area contributed by atoms with E-state index in [-0.39, 0.29) is 18.1 Å². The van der Waals surface area contributed by atoms with Crippen molar-refractivity contribution in [3.05, 3.63) is 59.7 Å². The minimum absolute atomic E-state index is 0.0646. The van der Waals surface area contributed by atoms with Gasteiger partial charge in [-0.05, 0) is 48.0 Å². The van der Waals surface area contributed by atoms with Crippen molar-refractivity contribution in [3.8, 4) is 23.3 Å². The third-order valence-electron chi connectivity index (χ3n) is 3.06. The summed E-state index contributed by atoms with van der Waals surface area (Å²) in [5.41, 5.74) is 1.25. The third-order valence-corrected chi connectivity index (χ3v) is 3.06. The molecule has 0 aromatic heterocycles. The molecule has 2 aromatic carbocycles. The molecule has 0 atom stereocenters. The molecule has 0 aliphatic heterocycles. The number of nitrogens with zero attached hydrogens (tertiary/aromatic N) is 1. The molecule has 0 radical (unpaired) electrons. The lowest BCUT2D eigenvalue weighted by Crippen LogP contribution is -1.97. The van der Waals surface area contributed by atoms with Crippen LogP contribution in [-0.4, -0.2) is 24.6 Å². The average molecular weight is 309 g/mol. The molecular formula is C18H15NO4. The van der Waals surface area contributed by atoms with Crippen molar-refractivity contribution < 1.29 is 19.4 Å². The van der Waals surface area contributed by atoms with Gasteiger partial charge >= 0.3 is 0 Å². The van der Waals surface area contributed by atoms with E-state index in [9.17, 15) is 9.90 Å². The summed E-state index contributed by atoms with van der Waals surface area (Å²) >= 11 is 0. The molecule has 23 heavy (non-hydrogen) atoms. The summed E-state index contributed by atoms with van der Waals surface area (Å²) in [7, 11) is 1.50. The SMILES string of the molecule is COc1cc(C=CC(=O)c2ccc(O)cc2)ccc1OCC#N. The van der Waals surface area contributed by atoms with E-state index in [1.165, 1.54) is 25.3 Å². The van der Waals surface area contributed by atoms with Crippen molar-refractivity contribution in [3.63, 3.8) is 0 Å². The number of methoxy groups -OCH3 is 1. The summed E-state index contributed by atoms with van der Waals surface area (Å²) in [4.78, 5) is 12.0. The second-order valence-corrected chi connectivity index (χ2v) is 4.60. The Morgan fingerprint density at radius 2 is 1.96 bits per heavy atom. The van der Waals surface area contributed by atoms with E-state index in [0.717, 1.165) is 5.56 Å². The largest absolute Gasteiger partial charge is 0.508 e. The highest BCUT2D eigenvalue weighted by molar-refractivity contribution is 6.06. The molecule has 0 bridgehead atoms. The highest BCUT2D eigenvalue weighted by atomic mass is 16.5. The Balaban J connectivity index is 2.14. The number of phenols is 1. The Hall–Kier alpha value is -3.26. The summed E-state index contributed by atoms with van der Waals surface area (Å²) in [6.07, 6.45) is 3.10. The molecule has 0 saturated carbocycles. The number of carbonyl (C=O) groups excluding carboxylic acids is 1. The number of rotatable bonds is 6.